The summed E-state index contributed by atoms with van der Waals surface area (Å²) in [6, 6.07) is 9.05. The van der Waals surface area contributed by atoms with E-state index in [0.29, 0.717) is 18.1 Å². The predicted octanol–water partition coefficient (Wildman–Crippen LogP) is 5.73. The van der Waals surface area contributed by atoms with Gasteiger partial charge in [0.25, 0.3) is 0 Å². The van der Waals surface area contributed by atoms with E-state index < -0.39 is 5.60 Å². The average molecular weight is 752 g/mol. The lowest BCUT2D eigenvalue weighted by molar-refractivity contribution is 0.0505. The molecule has 2 aliphatic rings. The van der Waals surface area contributed by atoms with Crippen LogP contribution in [0.2, 0.25) is 0 Å². The third-order valence-electron chi connectivity index (χ3n) is 7.31. The maximum atomic E-state index is 11.9. The molecule has 0 spiro atoms. The number of carbonyl (C=O) groups is 1. The Kier molecular flexibility index (Phi) is 20.3. The Labute approximate surface area is 312 Å². The van der Waals surface area contributed by atoms with Crippen LogP contribution in [0, 0.1) is 13.8 Å². The summed E-state index contributed by atoms with van der Waals surface area (Å²) >= 11 is 0. The van der Waals surface area contributed by atoms with E-state index in [0.717, 1.165) is 72.8 Å². The zero-order chi connectivity index (χ0) is 29.1. The third-order valence-corrected chi connectivity index (χ3v) is 7.31. The number of anilines is 2. The maximum Gasteiger partial charge on any atom is 0.407 e. The van der Waals surface area contributed by atoms with Crippen LogP contribution in [-0.2, 0) is 4.74 Å². The van der Waals surface area contributed by atoms with Crippen LogP contribution in [0.5, 0.6) is 0 Å². The van der Waals surface area contributed by atoms with Crippen molar-refractivity contribution in [1.82, 2.24) is 34.5 Å². The summed E-state index contributed by atoms with van der Waals surface area (Å²) in [7, 11) is 0. The van der Waals surface area contributed by atoms with Crippen molar-refractivity contribution in [2.24, 2.45) is 5.73 Å². The van der Waals surface area contributed by atoms with Gasteiger partial charge in [-0.3, -0.25) is 0 Å². The van der Waals surface area contributed by atoms with Gasteiger partial charge >= 0.3 is 6.09 Å². The van der Waals surface area contributed by atoms with Gasteiger partial charge < -0.3 is 26.4 Å². The van der Waals surface area contributed by atoms with Gasteiger partial charge in [-0.25, -0.2) is 14.8 Å². The van der Waals surface area contributed by atoms with Crippen LogP contribution in [0.25, 0.3) is 11.3 Å². The molecule has 47 heavy (non-hydrogen) atoms. The minimum Gasteiger partial charge on any atom is -0.444 e. The van der Waals surface area contributed by atoms with Crippen LogP contribution in [0.15, 0.2) is 36.7 Å². The molecule has 0 unspecified atom stereocenters. The number of carbonyl (C=O) groups excluding carboxylic acids is 1. The average Bonchev–Trinajstić information content (AvgIpc) is 3.67. The van der Waals surface area contributed by atoms with E-state index in [9.17, 15) is 4.79 Å². The molecule has 5 N–H and O–H groups in total. The van der Waals surface area contributed by atoms with Crippen molar-refractivity contribution in [3.63, 3.8) is 0 Å². The molecule has 0 saturated heterocycles. The minimum absolute atomic E-state index is 0. The van der Waals surface area contributed by atoms with E-state index in [4.69, 9.17) is 10.5 Å². The highest BCUT2D eigenvalue weighted by atomic mass is 35.5. The molecule has 4 atom stereocenters. The molecule has 2 saturated carbocycles. The first-order valence-corrected chi connectivity index (χ1v) is 14.4. The van der Waals surface area contributed by atoms with Gasteiger partial charge in [0.2, 0.25) is 0 Å². The minimum atomic E-state index is -0.472. The quantitative estimate of drug-likeness (QED) is 0.201. The summed E-state index contributed by atoms with van der Waals surface area (Å²) in [5.74, 6) is 1.95. The number of ether oxygens (including phenoxy) is 1. The predicted molar refractivity (Wildman–Crippen MR) is 215 cm³/mol. The molecule has 0 bridgehead atoms. The Morgan fingerprint density at radius 2 is 1.26 bits per heavy atom. The molecule has 17 heteroatoms. The Hall–Kier alpha value is -2.24. The van der Waals surface area contributed by atoms with E-state index in [1.165, 1.54) is 0 Å². The molecule has 4 aromatic rings. The fourth-order valence-electron chi connectivity index (χ4n) is 5.57. The largest absolute Gasteiger partial charge is 0.444 e. The van der Waals surface area contributed by atoms with Crippen molar-refractivity contribution in [3.05, 3.63) is 48.0 Å². The zero-order valence-corrected chi connectivity index (χ0v) is 31.8. The van der Waals surface area contributed by atoms with Crippen molar-refractivity contribution in [2.75, 3.05) is 10.6 Å². The lowest BCUT2D eigenvalue weighted by Gasteiger charge is -2.22. The Morgan fingerprint density at radius 1 is 0.809 bits per heavy atom. The molecule has 12 nitrogen and oxygen atoms in total. The van der Waals surface area contributed by atoms with E-state index in [-0.39, 0.29) is 86.0 Å². The van der Waals surface area contributed by atoms with Crippen LogP contribution in [0.3, 0.4) is 0 Å². The first kappa shape index (κ1) is 46.9. The molecule has 268 valence electrons. The standard InChI is InChI=1S/C17H25N5O2.C12H17N5.CH4.ClH.4H2S/c1-11-9-15(22-14(19-11)7-8-18-22)20-12-5-6-13(10-12)21-16(23)24-17(2,3)4;1-8-6-12(16-10-3-2-9(13)7-10)17-11(15-8)4-5-14-17;;;;;;/h7-9,12-13,20H,5-6,10H2,1-4H3,(H,21,23);4-6,9-10,16H,2-3,7,13H2,1H3;1H4;1H;4*1H2/t12-,13-;9-,10-;;;;;;/m00....../s1. The van der Waals surface area contributed by atoms with Crippen molar-refractivity contribution in [1.29, 1.82) is 0 Å². The van der Waals surface area contributed by atoms with Gasteiger partial charge in [-0.15, -0.1) is 12.4 Å². The lowest BCUT2D eigenvalue weighted by atomic mass is 10.2. The fraction of sp³-hybridized carbons (Fsp3) is 0.567. The number of alkyl carbamates (subject to hydrolysis) is 1. The molecule has 2 aliphatic carbocycles. The van der Waals surface area contributed by atoms with Crippen molar-refractivity contribution in [2.45, 2.75) is 110 Å². The van der Waals surface area contributed by atoms with Gasteiger partial charge in [0.1, 0.15) is 17.2 Å². The Bertz CT molecular complexity index is 1520. The van der Waals surface area contributed by atoms with Gasteiger partial charge in [0.15, 0.2) is 11.3 Å². The summed E-state index contributed by atoms with van der Waals surface area (Å²) in [6.07, 6.45) is 9.22. The number of fused-ring (bicyclic) bond motifs is 2. The lowest BCUT2D eigenvalue weighted by Crippen LogP contribution is -2.38. The van der Waals surface area contributed by atoms with Gasteiger partial charge in [-0.05, 0) is 73.1 Å². The highest BCUT2D eigenvalue weighted by molar-refractivity contribution is 7.59. The molecule has 0 radical (unpaired) electrons. The number of halogens is 1. The normalized spacial score (nSPS) is 19.5. The second-order valence-electron chi connectivity index (χ2n) is 12.2. The van der Waals surface area contributed by atoms with Crippen molar-refractivity contribution >= 4 is 95.4 Å². The first-order valence-electron chi connectivity index (χ1n) is 14.4. The summed E-state index contributed by atoms with van der Waals surface area (Å²) in [5.41, 5.74) is 9.12. The third kappa shape index (κ3) is 13.0. The van der Waals surface area contributed by atoms with Crippen LogP contribution in [0.1, 0.15) is 78.1 Å². The fourth-order valence-corrected chi connectivity index (χ4v) is 5.57. The van der Waals surface area contributed by atoms with Gasteiger partial charge in [-0.2, -0.15) is 73.2 Å². The van der Waals surface area contributed by atoms with E-state index in [2.05, 4.69) is 36.1 Å². The number of aromatic nitrogens is 6. The van der Waals surface area contributed by atoms with E-state index >= 15 is 0 Å². The number of amides is 1. The number of nitrogens with one attached hydrogen (secondary N) is 3. The molecule has 4 aromatic heterocycles. The molecule has 6 rings (SSSR count). The number of nitrogens with zero attached hydrogens (tertiary/aromatic N) is 6. The van der Waals surface area contributed by atoms with Crippen LogP contribution < -0.4 is 21.7 Å². The number of hydrogen-bond donors (Lipinski definition) is 4. The molecular formula is C30H55ClN10O2S4. The number of nitrogens with two attached hydrogens (primary N) is 1. The van der Waals surface area contributed by atoms with Crippen molar-refractivity contribution in [3.8, 4) is 0 Å². The summed E-state index contributed by atoms with van der Waals surface area (Å²) < 4.78 is 8.97. The maximum absolute atomic E-state index is 11.9. The molecule has 0 aromatic carbocycles. The Balaban J connectivity index is 0. The highest BCUT2D eigenvalue weighted by Gasteiger charge is 2.28. The molecule has 0 aliphatic heterocycles. The SMILES string of the molecule is C.Cc1cc(N[C@H]2CC[C@H](N)C2)n2nccc2n1.Cc1cc(N[C@H]2CC[C@H](NC(=O)OC(C)(C)C)C2)n2nccc2n1.Cl.S.S.S.S. The monoisotopic (exact) mass is 750 g/mol. The summed E-state index contributed by atoms with van der Waals surface area (Å²) in [6.45, 7) is 9.57. The summed E-state index contributed by atoms with van der Waals surface area (Å²) in [5, 5.41) is 18.6. The van der Waals surface area contributed by atoms with Gasteiger partial charge in [-0.1, -0.05) is 7.43 Å². The van der Waals surface area contributed by atoms with Crippen LogP contribution >= 0.6 is 66.4 Å². The smallest absolute Gasteiger partial charge is 0.407 e. The first-order chi connectivity index (χ1) is 19.5. The van der Waals surface area contributed by atoms with Gasteiger partial charge in [0, 0.05) is 59.8 Å². The second-order valence-corrected chi connectivity index (χ2v) is 12.2. The molecule has 4 heterocycles. The van der Waals surface area contributed by atoms with Crippen molar-refractivity contribution < 1.29 is 9.53 Å². The number of hydrogen-bond acceptors (Lipinski definition) is 9. The summed E-state index contributed by atoms with van der Waals surface area (Å²) in [4.78, 5) is 20.8. The Morgan fingerprint density at radius 3 is 1.70 bits per heavy atom. The zero-order valence-electron chi connectivity index (χ0n) is 27.0. The van der Waals surface area contributed by atoms with Crippen LogP contribution in [0.4, 0.5) is 16.4 Å². The van der Waals surface area contributed by atoms with Gasteiger partial charge in [0.05, 0.1) is 12.4 Å². The highest BCUT2D eigenvalue weighted by Crippen LogP contribution is 2.25. The van der Waals surface area contributed by atoms with Crippen LogP contribution in [-0.4, -0.2) is 65.1 Å². The second kappa shape index (κ2) is 20.3. The molecule has 2 fully saturated rings. The number of rotatable bonds is 5. The molecular weight excluding hydrogens is 696 g/mol. The molecule has 1 amide bonds. The van der Waals surface area contributed by atoms with E-state index in [1.807, 2.05) is 67.9 Å². The topological polar surface area (TPSA) is 149 Å². The van der Waals surface area contributed by atoms with E-state index in [1.54, 1.807) is 12.4 Å². The number of aryl methyl sites for hydroxylation is 2.